The number of amidine groups is 1. The van der Waals surface area contributed by atoms with Crippen molar-refractivity contribution in [3.8, 4) is 0 Å². The molecule has 2 aromatic carbocycles. The van der Waals surface area contributed by atoms with E-state index >= 15 is 0 Å². The predicted octanol–water partition coefficient (Wildman–Crippen LogP) is 3.49. The number of nitrogens with one attached hydrogen (secondary N) is 1. The largest absolute Gasteiger partial charge is 0.409 e. The highest BCUT2D eigenvalue weighted by Gasteiger charge is 2.11. The fourth-order valence-corrected chi connectivity index (χ4v) is 2.22. The van der Waals surface area contributed by atoms with Gasteiger partial charge in [-0.05, 0) is 30.7 Å². The molecule has 0 atom stereocenters. The van der Waals surface area contributed by atoms with Gasteiger partial charge in [0.05, 0.1) is 16.3 Å². The smallest absolute Gasteiger partial charge is 0.173 e. The van der Waals surface area contributed by atoms with Gasteiger partial charge in [0.2, 0.25) is 0 Å². The number of anilines is 1. The Hall–Kier alpha value is -2.27. The third kappa shape index (κ3) is 3.44. The van der Waals surface area contributed by atoms with Crippen molar-refractivity contribution in [1.82, 2.24) is 0 Å². The Bertz CT molecular complexity index is 689. The van der Waals surface area contributed by atoms with Gasteiger partial charge in [0.25, 0.3) is 0 Å². The highest BCUT2D eigenvalue weighted by molar-refractivity contribution is 6.33. The molecule has 0 spiro atoms. The van der Waals surface area contributed by atoms with Crippen molar-refractivity contribution in [2.75, 3.05) is 5.32 Å². The summed E-state index contributed by atoms with van der Waals surface area (Å²) in [4.78, 5) is 0. The average molecular weight is 308 g/mol. The van der Waals surface area contributed by atoms with Crippen LogP contribution >= 0.6 is 11.6 Å². The first-order valence-electron chi connectivity index (χ1n) is 6.28. The van der Waals surface area contributed by atoms with Crippen molar-refractivity contribution in [2.45, 2.75) is 13.5 Å². The van der Waals surface area contributed by atoms with Crippen LogP contribution in [0.25, 0.3) is 0 Å². The van der Waals surface area contributed by atoms with Gasteiger partial charge >= 0.3 is 0 Å². The minimum Gasteiger partial charge on any atom is -0.409 e. The van der Waals surface area contributed by atoms with Crippen molar-refractivity contribution in [3.63, 3.8) is 0 Å². The van der Waals surface area contributed by atoms with Crippen LogP contribution in [0.15, 0.2) is 41.6 Å². The van der Waals surface area contributed by atoms with E-state index in [0.717, 1.165) is 11.3 Å². The molecule has 110 valence electrons. The van der Waals surface area contributed by atoms with Gasteiger partial charge in [0.1, 0.15) is 5.82 Å². The summed E-state index contributed by atoms with van der Waals surface area (Å²) in [5.41, 5.74) is 7.66. The molecule has 0 saturated carbocycles. The fraction of sp³-hybridized carbons (Fsp3) is 0.133. The topological polar surface area (TPSA) is 70.6 Å². The van der Waals surface area contributed by atoms with E-state index in [1.165, 1.54) is 6.07 Å². The van der Waals surface area contributed by atoms with Crippen molar-refractivity contribution in [3.05, 3.63) is 63.9 Å². The van der Waals surface area contributed by atoms with Gasteiger partial charge < -0.3 is 16.3 Å². The fourth-order valence-electron chi connectivity index (χ4n) is 1.92. The summed E-state index contributed by atoms with van der Waals surface area (Å²) < 4.78 is 14.2. The normalized spacial score (nSPS) is 11.5. The van der Waals surface area contributed by atoms with Crippen LogP contribution in [0.3, 0.4) is 0 Å². The molecule has 2 aromatic rings. The quantitative estimate of drug-likeness (QED) is 0.350. The molecule has 0 aliphatic rings. The summed E-state index contributed by atoms with van der Waals surface area (Å²) >= 11 is 6.11. The van der Waals surface area contributed by atoms with E-state index < -0.39 is 5.82 Å². The minimum atomic E-state index is -0.525. The van der Waals surface area contributed by atoms with Gasteiger partial charge in [0.15, 0.2) is 5.84 Å². The molecule has 0 radical (unpaired) electrons. The molecule has 0 amide bonds. The Balaban J connectivity index is 2.21. The molecule has 0 heterocycles. The van der Waals surface area contributed by atoms with E-state index in [4.69, 9.17) is 22.5 Å². The standard InChI is InChI=1S/C15H15ClFN3O/c1-9-5-6-13(12(16)7-9)19-8-10-3-2-4-11(14(10)17)15(18)20-21/h2-7,19,21H,8H2,1H3,(H2,18,20). The van der Waals surface area contributed by atoms with Crippen LogP contribution < -0.4 is 11.1 Å². The number of nitrogens with two attached hydrogens (primary N) is 1. The summed E-state index contributed by atoms with van der Waals surface area (Å²) in [6.07, 6.45) is 0. The van der Waals surface area contributed by atoms with Crippen LogP contribution in [-0.4, -0.2) is 11.0 Å². The molecule has 4 nitrogen and oxygen atoms in total. The van der Waals surface area contributed by atoms with Crippen LogP contribution in [0.2, 0.25) is 5.02 Å². The first kappa shape index (κ1) is 15.1. The minimum absolute atomic E-state index is 0.0619. The Morgan fingerprint density at radius 3 is 2.81 bits per heavy atom. The van der Waals surface area contributed by atoms with E-state index in [1.807, 2.05) is 25.1 Å². The Labute approximate surface area is 127 Å². The Kier molecular flexibility index (Phi) is 4.65. The van der Waals surface area contributed by atoms with Crippen molar-refractivity contribution < 1.29 is 9.60 Å². The monoisotopic (exact) mass is 307 g/mol. The molecular formula is C15H15ClFN3O. The van der Waals surface area contributed by atoms with Crippen LogP contribution in [0.4, 0.5) is 10.1 Å². The molecule has 0 unspecified atom stereocenters. The maximum atomic E-state index is 14.2. The van der Waals surface area contributed by atoms with Crippen molar-refractivity contribution in [2.24, 2.45) is 10.9 Å². The number of hydrogen-bond donors (Lipinski definition) is 3. The lowest BCUT2D eigenvalue weighted by Crippen LogP contribution is -2.16. The summed E-state index contributed by atoms with van der Waals surface area (Å²) in [6.45, 7) is 2.18. The first-order valence-corrected chi connectivity index (χ1v) is 6.66. The number of hydrogen-bond acceptors (Lipinski definition) is 3. The lowest BCUT2D eigenvalue weighted by molar-refractivity contribution is 0.318. The molecule has 0 bridgehead atoms. The average Bonchev–Trinajstić information content (AvgIpc) is 2.47. The van der Waals surface area contributed by atoms with Crippen molar-refractivity contribution in [1.29, 1.82) is 0 Å². The van der Waals surface area contributed by atoms with Gasteiger partial charge in [-0.15, -0.1) is 0 Å². The molecule has 0 fully saturated rings. The lowest BCUT2D eigenvalue weighted by Gasteiger charge is -2.11. The highest BCUT2D eigenvalue weighted by atomic mass is 35.5. The number of benzene rings is 2. The summed E-state index contributed by atoms with van der Waals surface area (Å²) in [5.74, 6) is -0.786. The maximum Gasteiger partial charge on any atom is 0.173 e. The summed E-state index contributed by atoms with van der Waals surface area (Å²) in [7, 11) is 0. The SMILES string of the molecule is Cc1ccc(NCc2cccc(/C(N)=N/O)c2F)c(Cl)c1. The molecule has 21 heavy (non-hydrogen) atoms. The summed E-state index contributed by atoms with van der Waals surface area (Å²) in [5, 5.41) is 15.1. The number of oxime groups is 1. The lowest BCUT2D eigenvalue weighted by atomic mass is 10.1. The van der Waals surface area contributed by atoms with Gasteiger partial charge in [-0.1, -0.05) is 35.0 Å². The second-order valence-corrected chi connectivity index (χ2v) is 5.01. The second kappa shape index (κ2) is 6.45. The molecule has 2 rings (SSSR count). The van der Waals surface area contributed by atoms with E-state index in [1.54, 1.807) is 12.1 Å². The highest BCUT2D eigenvalue weighted by Crippen LogP contribution is 2.24. The Morgan fingerprint density at radius 2 is 2.14 bits per heavy atom. The van der Waals surface area contributed by atoms with E-state index in [9.17, 15) is 4.39 Å². The molecule has 0 saturated heterocycles. The third-order valence-electron chi connectivity index (χ3n) is 3.06. The van der Waals surface area contributed by atoms with E-state index in [0.29, 0.717) is 10.6 Å². The molecule has 0 aliphatic heterocycles. The third-order valence-corrected chi connectivity index (χ3v) is 3.37. The molecular weight excluding hydrogens is 293 g/mol. The number of rotatable bonds is 4. The van der Waals surface area contributed by atoms with Gasteiger partial charge in [-0.2, -0.15) is 0 Å². The van der Waals surface area contributed by atoms with Crippen LogP contribution in [-0.2, 0) is 6.54 Å². The Morgan fingerprint density at radius 1 is 1.38 bits per heavy atom. The second-order valence-electron chi connectivity index (χ2n) is 4.60. The number of halogens is 2. The molecule has 0 aliphatic carbocycles. The van der Waals surface area contributed by atoms with Gasteiger partial charge in [0, 0.05) is 12.1 Å². The summed E-state index contributed by atoms with van der Waals surface area (Å²) in [6, 6.07) is 10.3. The zero-order valence-corrected chi connectivity index (χ0v) is 12.2. The zero-order valence-electron chi connectivity index (χ0n) is 11.4. The van der Waals surface area contributed by atoms with Crippen LogP contribution in [0.5, 0.6) is 0 Å². The molecule has 4 N–H and O–H groups in total. The van der Waals surface area contributed by atoms with Gasteiger partial charge in [-0.3, -0.25) is 0 Å². The zero-order chi connectivity index (χ0) is 15.4. The molecule has 0 aromatic heterocycles. The number of aryl methyl sites for hydroxylation is 1. The molecule has 6 heteroatoms. The van der Waals surface area contributed by atoms with E-state index in [2.05, 4.69) is 10.5 Å². The van der Waals surface area contributed by atoms with Crippen LogP contribution in [0, 0.1) is 12.7 Å². The maximum absolute atomic E-state index is 14.2. The van der Waals surface area contributed by atoms with Crippen molar-refractivity contribution >= 4 is 23.1 Å². The van der Waals surface area contributed by atoms with E-state index in [-0.39, 0.29) is 17.9 Å². The van der Waals surface area contributed by atoms with Crippen LogP contribution in [0.1, 0.15) is 16.7 Å². The van der Waals surface area contributed by atoms with Gasteiger partial charge in [-0.25, -0.2) is 4.39 Å². The predicted molar refractivity (Wildman–Crippen MR) is 82.4 cm³/mol. The number of nitrogens with zero attached hydrogens (tertiary/aromatic N) is 1. The first-order chi connectivity index (χ1) is 10.0.